The van der Waals surface area contributed by atoms with Gasteiger partial charge in [0.05, 0.1) is 19.4 Å². The highest BCUT2D eigenvalue weighted by molar-refractivity contribution is 7.53. The third kappa shape index (κ3) is 11.2. The van der Waals surface area contributed by atoms with Crippen LogP contribution in [-0.4, -0.2) is 35.1 Å². The molecule has 0 rings (SSSR count). The van der Waals surface area contributed by atoms with Crippen molar-refractivity contribution in [2.75, 3.05) is 19.4 Å². The molecule has 0 aromatic carbocycles. The van der Waals surface area contributed by atoms with Gasteiger partial charge in [-0.05, 0) is 32.1 Å². The second-order valence-corrected chi connectivity index (χ2v) is 10.9. The van der Waals surface area contributed by atoms with Crippen LogP contribution in [0.4, 0.5) is 0 Å². The van der Waals surface area contributed by atoms with Crippen LogP contribution in [0.25, 0.3) is 0 Å². The fourth-order valence-corrected chi connectivity index (χ4v) is 5.55. The van der Waals surface area contributed by atoms with E-state index in [1.54, 1.807) is 0 Å². The molecular weight excluding hydrogens is 430 g/mol. The van der Waals surface area contributed by atoms with Gasteiger partial charge in [0.2, 0.25) is 0 Å². The van der Waals surface area contributed by atoms with Crippen molar-refractivity contribution >= 4 is 21.4 Å². The number of rotatable bonds is 18. The Morgan fingerprint density at radius 2 is 1.33 bits per heavy atom. The zero-order chi connectivity index (χ0) is 23.3. The van der Waals surface area contributed by atoms with E-state index in [1.165, 1.54) is 0 Å². The van der Waals surface area contributed by atoms with Gasteiger partial charge in [-0.3, -0.25) is 14.4 Å². The molecule has 0 spiro atoms. The maximum atomic E-state index is 13.3. The summed E-state index contributed by atoms with van der Waals surface area (Å²) in [6, 6.07) is 0. The van der Waals surface area contributed by atoms with Gasteiger partial charge in [-0.25, -0.2) is 9.36 Å². The quantitative estimate of drug-likeness (QED) is 0.143. The molecule has 0 saturated carbocycles. The van der Waals surface area contributed by atoms with Gasteiger partial charge in [-0.15, -0.1) is 0 Å². The monoisotopic (exact) mass is 470 g/mol. The number of phosphoric ester groups is 1. The molecule has 8 nitrogen and oxygen atoms in total. The molecule has 0 unspecified atom stereocenters. The average molecular weight is 470 g/mol. The first-order chi connectivity index (χ1) is 14.0. The SMILES string of the molecule is C=C(C(=O)OP(=O)(O)O)C(CCC)(CCC)CCP(=O)(OCCCC)OCCCC. The van der Waals surface area contributed by atoms with Crippen molar-refractivity contribution in [2.24, 2.45) is 5.41 Å². The average Bonchev–Trinajstić information content (AvgIpc) is 2.65. The summed E-state index contributed by atoms with van der Waals surface area (Å²) < 4.78 is 40.0. The molecule has 0 bridgehead atoms. The molecule has 0 heterocycles. The van der Waals surface area contributed by atoms with Crippen LogP contribution in [0.15, 0.2) is 12.2 Å². The molecule has 0 aromatic heterocycles. The Bertz CT molecular complexity index is 594. The summed E-state index contributed by atoms with van der Waals surface area (Å²) in [6.07, 6.45) is 6.21. The van der Waals surface area contributed by atoms with E-state index >= 15 is 0 Å². The van der Waals surface area contributed by atoms with E-state index in [0.29, 0.717) is 45.3 Å². The lowest BCUT2D eigenvalue weighted by molar-refractivity contribution is -0.132. The highest BCUT2D eigenvalue weighted by Gasteiger charge is 2.40. The first-order valence-corrected chi connectivity index (χ1v) is 14.1. The van der Waals surface area contributed by atoms with Crippen LogP contribution in [0.1, 0.15) is 85.5 Å². The summed E-state index contributed by atoms with van der Waals surface area (Å²) in [4.78, 5) is 30.4. The van der Waals surface area contributed by atoms with Crippen molar-refractivity contribution in [3.63, 3.8) is 0 Å². The smallest absolute Gasteiger partial charge is 0.367 e. The molecule has 0 aromatic rings. The van der Waals surface area contributed by atoms with Gasteiger partial charge < -0.3 is 13.6 Å². The maximum absolute atomic E-state index is 13.3. The van der Waals surface area contributed by atoms with Gasteiger partial charge in [0.1, 0.15) is 0 Å². The molecule has 0 fully saturated rings. The van der Waals surface area contributed by atoms with E-state index in [0.717, 1.165) is 25.7 Å². The Morgan fingerprint density at radius 1 is 0.867 bits per heavy atom. The molecule has 30 heavy (non-hydrogen) atoms. The molecular formula is C20H40O8P2. The van der Waals surface area contributed by atoms with Gasteiger partial charge in [0, 0.05) is 11.0 Å². The number of hydrogen-bond donors (Lipinski definition) is 2. The van der Waals surface area contributed by atoms with Crippen LogP contribution in [0.2, 0.25) is 0 Å². The lowest BCUT2D eigenvalue weighted by Crippen LogP contribution is -2.30. The predicted octanol–water partition coefficient (Wildman–Crippen LogP) is 5.98. The fraction of sp³-hybridized carbons (Fsp3) is 0.850. The summed E-state index contributed by atoms with van der Waals surface area (Å²) in [5, 5.41) is 0. The second-order valence-electron chi connectivity index (χ2n) is 7.59. The lowest BCUT2D eigenvalue weighted by atomic mass is 9.71. The number of unbranched alkanes of at least 4 members (excludes halogenated alkanes) is 2. The third-order valence-corrected chi connectivity index (χ3v) is 7.31. The summed E-state index contributed by atoms with van der Waals surface area (Å²) in [6.45, 7) is 12.4. The largest absolute Gasteiger partial charge is 0.527 e. The van der Waals surface area contributed by atoms with Crippen molar-refractivity contribution in [3.05, 3.63) is 12.2 Å². The van der Waals surface area contributed by atoms with E-state index in [9.17, 15) is 13.9 Å². The second kappa shape index (κ2) is 14.5. The van der Waals surface area contributed by atoms with Gasteiger partial charge >= 0.3 is 21.4 Å². The van der Waals surface area contributed by atoms with Crippen molar-refractivity contribution in [2.45, 2.75) is 85.5 Å². The molecule has 0 atom stereocenters. The minimum Gasteiger partial charge on any atom is -0.367 e. The van der Waals surface area contributed by atoms with Crippen LogP contribution in [0.5, 0.6) is 0 Å². The number of hydrogen-bond acceptors (Lipinski definition) is 6. The van der Waals surface area contributed by atoms with E-state index in [1.807, 2.05) is 27.7 Å². The lowest BCUT2D eigenvalue weighted by Gasteiger charge is -2.35. The molecule has 178 valence electrons. The minimum absolute atomic E-state index is 0.0109. The zero-order valence-corrected chi connectivity index (χ0v) is 20.7. The third-order valence-electron chi connectivity index (χ3n) is 4.98. The Balaban J connectivity index is 5.61. The van der Waals surface area contributed by atoms with E-state index in [2.05, 4.69) is 11.1 Å². The van der Waals surface area contributed by atoms with Gasteiger partial charge in [0.25, 0.3) is 0 Å². The zero-order valence-electron chi connectivity index (χ0n) is 18.9. The topological polar surface area (TPSA) is 119 Å². The summed E-state index contributed by atoms with van der Waals surface area (Å²) >= 11 is 0. The Labute approximate surface area is 181 Å². The van der Waals surface area contributed by atoms with Crippen molar-refractivity contribution in [1.29, 1.82) is 0 Å². The standard InChI is InChI=1S/C20H40O8P2/c1-6-10-15-26-29(22,27-16-11-7-2)17-14-20(12-8-3,13-9-4)18(5)19(21)28-30(23,24)25/h5-17H2,1-4H3,(H2,23,24,25). The summed E-state index contributed by atoms with van der Waals surface area (Å²) in [7, 11) is -8.37. The molecule has 2 N–H and O–H groups in total. The fourth-order valence-electron chi connectivity index (χ4n) is 3.38. The van der Waals surface area contributed by atoms with Gasteiger partial charge in [0.15, 0.2) is 0 Å². The molecule has 0 radical (unpaired) electrons. The molecule has 10 heteroatoms. The van der Waals surface area contributed by atoms with Crippen LogP contribution < -0.4 is 0 Å². The first kappa shape index (κ1) is 29.5. The maximum Gasteiger partial charge on any atom is 0.527 e. The molecule has 0 aliphatic heterocycles. The highest BCUT2D eigenvalue weighted by Crippen LogP contribution is 2.54. The number of carbonyl (C=O) groups is 1. The van der Waals surface area contributed by atoms with Crippen LogP contribution in [0.3, 0.4) is 0 Å². The van der Waals surface area contributed by atoms with Crippen molar-refractivity contribution < 1.29 is 37.3 Å². The number of carbonyl (C=O) groups excluding carboxylic acids is 1. The Hall–Kier alpha value is -0.490. The summed E-state index contributed by atoms with van der Waals surface area (Å²) in [5.41, 5.74) is -0.809. The molecule has 0 amide bonds. The van der Waals surface area contributed by atoms with E-state index < -0.39 is 26.8 Å². The molecule has 0 aliphatic carbocycles. The van der Waals surface area contributed by atoms with Crippen LogP contribution >= 0.6 is 15.4 Å². The predicted molar refractivity (Wildman–Crippen MR) is 118 cm³/mol. The van der Waals surface area contributed by atoms with Crippen LogP contribution in [0, 0.1) is 5.41 Å². The molecule has 0 saturated heterocycles. The Kier molecular flexibility index (Phi) is 14.3. The van der Waals surface area contributed by atoms with Gasteiger partial charge in [-0.1, -0.05) is 60.0 Å². The minimum atomic E-state index is -4.99. The van der Waals surface area contributed by atoms with Crippen molar-refractivity contribution in [1.82, 2.24) is 0 Å². The highest BCUT2D eigenvalue weighted by atomic mass is 31.2. The van der Waals surface area contributed by atoms with E-state index in [-0.39, 0.29) is 11.7 Å². The summed E-state index contributed by atoms with van der Waals surface area (Å²) in [5.74, 6) is -1.13. The first-order valence-electron chi connectivity index (χ1n) is 10.9. The Morgan fingerprint density at radius 3 is 1.70 bits per heavy atom. The van der Waals surface area contributed by atoms with Crippen molar-refractivity contribution in [3.8, 4) is 0 Å². The number of phosphoric acid groups is 1. The normalized spacial score (nSPS) is 12.7. The molecule has 0 aliphatic rings. The van der Waals surface area contributed by atoms with Gasteiger partial charge in [-0.2, -0.15) is 0 Å². The van der Waals surface area contributed by atoms with E-state index in [4.69, 9.17) is 18.8 Å². The van der Waals surface area contributed by atoms with Crippen LogP contribution in [-0.2, 0) is 27.5 Å².